The lowest BCUT2D eigenvalue weighted by molar-refractivity contribution is -0.0573. The Labute approximate surface area is 193 Å². The molecule has 0 aromatic carbocycles. The average Bonchev–Trinajstić information content (AvgIpc) is 3.05. The van der Waals surface area contributed by atoms with Crippen molar-refractivity contribution in [1.29, 1.82) is 0 Å². The van der Waals surface area contributed by atoms with Crippen LogP contribution in [-0.4, -0.2) is 11.2 Å². The van der Waals surface area contributed by atoms with Gasteiger partial charge in [-0.05, 0) is 103 Å². The molecule has 0 aromatic rings. The first kappa shape index (κ1) is 23.8. The summed E-state index contributed by atoms with van der Waals surface area (Å²) in [5, 5.41) is 10.3. The summed E-state index contributed by atoms with van der Waals surface area (Å²) in [6.45, 7) is 17.5. The minimum atomic E-state index is -0.0811. The lowest BCUT2D eigenvalue weighted by atomic mass is 9.47. The molecule has 1 unspecified atom stereocenters. The maximum absolute atomic E-state index is 10.3. The topological polar surface area (TPSA) is 20.2 Å². The fourth-order valence-electron chi connectivity index (χ4n) is 9.00. The van der Waals surface area contributed by atoms with Crippen molar-refractivity contribution >= 4 is 0 Å². The van der Waals surface area contributed by atoms with Crippen molar-refractivity contribution in [3.8, 4) is 0 Å². The van der Waals surface area contributed by atoms with Gasteiger partial charge < -0.3 is 5.11 Å². The van der Waals surface area contributed by atoms with Gasteiger partial charge in [-0.15, -0.1) is 0 Å². The standard InChI is InChI=1S/C30H52O/c1-20(9-8-10-21(2)28(3,4)5)25-13-14-26-24-12-11-22-19-23(31)15-17-29(22,6)27(24)16-18-30(25,26)7/h11,20-21,23-27,31H,8-10,12-19H2,1-7H3/t20-,21?,23+,24+,25-,26+,27+,29+,30-/m1/s1. The first-order valence-electron chi connectivity index (χ1n) is 13.8. The maximum atomic E-state index is 10.3. The van der Waals surface area contributed by atoms with Gasteiger partial charge in [0, 0.05) is 0 Å². The molecule has 0 aromatic heterocycles. The Morgan fingerprint density at radius 3 is 2.45 bits per heavy atom. The highest BCUT2D eigenvalue weighted by atomic mass is 16.3. The van der Waals surface area contributed by atoms with E-state index in [9.17, 15) is 5.11 Å². The lowest BCUT2D eigenvalue weighted by Crippen LogP contribution is -2.50. The van der Waals surface area contributed by atoms with E-state index in [2.05, 4.69) is 54.5 Å². The van der Waals surface area contributed by atoms with Gasteiger partial charge in [-0.1, -0.05) is 79.4 Å². The third kappa shape index (κ3) is 4.20. The quantitative estimate of drug-likeness (QED) is 0.436. The second-order valence-corrected chi connectivity index (χ2v) is 14.1. The van der Waals surface area contributed by atoms with Crippen molar-refractivity contribution in [2.24, 2.45) is 51.8 Å². The van der Waals surface area contributed by atoms with Crippen molar-refractivity contribution in [1.82, 2.24) is 0 Å². The van der Waals surface area contributed by atoms with Gasteiger partial charge in [-0.2, -0.15) is 0 Å². The molecule has 4 rings (SSSR count). The summed E-state index contributed by atoms with van der Waals surface area (Å²) < 4.78 is 0. The summed E-state index contributed by atoms with van der Waals surface area (Å²) in [6, 6.07) is 0. The molecular formula is C30H52O. The van der Waals surface area contributed by atoms with E-state index in [4.69, 9.17) is 0 Å². The Bertz CT molecular complexity index is 670. The molecule has 0 saturated heterocycles. The van der Waals surface area contributed by atoms with Gasteiger partial charge in [0.2, 0.25) is 0 Å². The van der Waals surface area contributed by atoms with Gasteiger partial charge >= 0.3 is 0 Å². The number of aliphatic hydroxyl groups is 1. The van der Waals surface area contributed by atoms with Crippen LogP contribution in [0.3, 0.4) is 0 Å². The normalized spacial score (nSPS) is 44.6. The van der Waals surface area contributed by atoms with Gasteiger partial charge in [0.1, 0.15) is 0 Å². The third-order valence-electron chi connectivity index (χ3n) is 11.6. The fraction of sp³-hybridized carbons (Fsp3) is 0.933. The predicted octanol–water partition coefficient (Wildman–Crippen LogP) is 8.41. The van der Waals surface area contributed by atoms with Gasteiger partial charge in [-0.3, -0.25) is 0 Å². The van der Waals surface area contributed by atoms with Crippen molar-refractivity contribution in [2.45, 2.75) is 125 Å². The van der Waals surface area contributed by atoms with Gasteiger partial charge in [0.25, 0.3) is 0 Å². The molecule has 178 valence electrons. The van der Waals surface area contributed by atoms with Crippen LogP contribution in [0.25, 0.3) is 0 Å². The van der Waals surface area contributed by atoms with Crippen molar-refractivity contribution in [2.75, 3.05) is 0 Å². The number of aliphatic hydroxyl groups excluding tert-OH is 1. The van der Waals surface area contributed by atoms with Crippen LogP contribution in [0.15, 0.2) is 11.6 Å². The van der Waals surface area contributed by atoms with E-state index in [1.807, 2.05) is 0 Å². The van der Waals surface area contributed by atoms with E-state index < -0.39 is 0 Å². The molecule has 1 N–H and O–H groups in total. The van der Waals surface area contributed by atoms with Crippen LogP contribution in [0.2, 0.25) is 0 Å². The predicted molar refractivity (Wildman–Crippen MR) is 133 cm³/mol. The van der Waals surface area contributed by atoms with E-state index in [-0.39, 0.29) is 6.10 Å². The largest absolute Gasteiger partial charge is 0.393 e. The van der Waals surface area contributed by atoms with Crippen LogP contribution in [-0.2, 0) is 0 Å². The first-order valence-corrected chi connectivity index (χ1v) is 13.8. The average molecular weight is 429 g/mol. The molecule has 0 amide bonds. The lowest BCUT2D eigenvalue weighted by Gasteiger charge is -2.58. The van der Waals surface area contributed by atoms with Crippen LogP contribution < -0.4 is 0 Å². The number of rotatable bonds is 5. The summed E-state index contributed by atoms with van der Waals surface area (Å²) in [5.41, 5.74) is 3.03. The molecule has 1 nitrogen and oxygen atoms in total. The molecule has 4 aliphatic rings. The highest BCUT2D eigenvalue weighted by molar-refractivity contribution is 5.25. The van der Waals surface area contributed by atoms with E-state index in [0.29, 0.717) is 16.2 Å². The van der Waals surface area contributed by atoms with Crippen molar-refractivity contribution in [3.05, 3.63) is 11.6 Å². The molecule has 4 aliphatic carbocycles. The molecule has 3 saturated carbocycles. The number of hydrogen-bond acceptors (Lipinski definition) is 1. The van der Waals surface area contributed by atoms with E-state index >= 15 is 0 Å². The highest BCUT2D eigenvalue weighted by Gasteiger charge is 2.59. The molecule has 0 heterocycles. The van der Waals surface area contributed by atoms with Crippen LogP contribution in [0.4, 0.5) is 0 Å². The number of allylic oxidation sites excluding steroid dienone is 1. The van der Waals surface area contributed by atoms with Crippen molar-refractivity contribution < 1.29 is 5.11 Å². The maximum Gasteiger partial charge on any atom is 0.0577 e. The first-order chi connectivity index (χ1) is 14.5. The minimum absolute atomic E-state index is 0.0811. The Hall–Kier alpha value is -0.300. The third-order valence-corrected chi connectivity index (χ3v) is 11.6. The van der Waals surface area contributed by atoms with E-state index in [1.54, 1.807) is 5.57 Å². The van der Waals surface area contributed by atoms with Gasteiger partial charge in [-0.25, -0.2) is 0 Å². The second-order valence-electron chi connectivity index (χ2n) is 14.1. The molecule has 0 bridgehead atoms. The number of hydrogen-bond donors (Lipinski definition) is 1. The summed E-state index contributed by atoms with van der Waals surface area (Å²) in [4.78, 5) is 0. The smallest absolute Gasteiger partial charge is 0.0577 e. The summed E-state index contributed by atoms with van der Waals surface area (Å²) in [5.74, 6) is 5.36. The van der Waals surface area contributed by atoms with Gasteiger partial charge in [0.05, 0.1) is 6.10 Å². The molecular weight excluding hydrogens is 376 g/mol. The Kier molecular flexibility index (Phi) is 6.53. The molecule has 0 aliphatic heterocycles. The zero-order valence-corrected chi connectivity index (χ0v) is 21.8. The molecule has 0 radical (unpaired) electrons. The molecule has 0 spiro atoms. The monoisotopic (exact) mass is 428 g/mol. The van der Waals surface area contributed by atoms with Crippen LogP contribution in [0.5, 0.6) is 0 Å². The highest BCUT2D eigenvalue weighted by Crippen LogP contribution is 2.67. The molecule has 31 heavy (non-hydrogen) atoms. The fourth-order valence-corrected chi connectivity index (χ4v) is 9.00. The van der Waals surface area contributed by atoms with E-state index in [1.165, 1.54) is 57.8 Å². The zero-order valence-electron chi connectivity index (χ0n) is 21.8. The van der Waals surface area contributed by atoms with Crippen LogP contribution in [0.1, 0.15) is 119 Å². The molecule has 1 heteroatoms. The Morgan fingerprint density at radius 1 is 1.00 bits per heavy atom. The Morgan fingerprint density at radius 2 is 1.74 bits per heavy atom. The summed E-state index contributed by atoms with van der Waals surface area (Å²) in [7, 11) is 0. The number of fused-ring (bicyclic) bond motifs is 5. The van der Waals surface area contributed by atoms with Crippen molar-refractivity contribution in [3.63, 3.8) is 0 Å². The SMILES string of the molecule is CC(CCC[C@@H](C)[C@H]1CC[C@H]2[C@@H]3CC=C4C[C@@H](O)CC[C@]4(C)[C@H]3CC[C@]12C)C(C)(C)C. The zero-order chi connectivity index (χ0) is 22.6. The molecule has 3 fully saturated rings. The molecule has 9 atom stereocenters. The van der Waals surface area contributed by atoms with Crippen LogP contribution >= 0.6 is 0 Å². The van der Waals surface area contributed by atoms with Crippen LogP contribution in [0, 0.1) is 51.8 Å². The van der Waals surface area contributed by atoms with E-state index in [0.717, 1.165) is 48.3 Å². The summed E-state index contributed by atoms with van der Waals surface area (Å²) >= 11 is 0. The Balaban J connectivity index is 1.42. The minimum Gasteiger partial charge on any atom is -0.393 e. The second kappa shape index (κ2) is 8.48. The summed E-state index contributed by atoms with van der Waals surface area (Å²) in [6.07, 6.45) is 17.1. The van der Waals surface area contributed by atoms with Gasteiger partial charge in [0.15, 0.2) is 0 Å².